The van der Waals surface area contributed by atoms with E-state index in [1.165, 1.54) is 36.7 Å². The van der Waals surface area contributed by atoms with Crippen molar-refractivity contribution in [3.8, 4) is 0 Å². The number of hydrogen-bond acceptors (Lipinski definition) is 4. The molecule has 2 bridgehead atoms. The summed E-state index contributed by atoms with van der Waals surface area (Å²) in [5.41, 5.74) is -1.67. The average molecular weight is 619 g/mol. The molecule has 9 atom stereocenters. The van der Waals surface area contributed by atoms with E-state index in [-0.39, 0.29) is 45.5 Å². The molecule has 1 unspecified atom stereocenters. The molecule has 4 aliphatic carbocycles. The molecule has 2 aliphatic heterocycles. The van der Waals surface area contributed by atoms with E-state index < -0.39 is 11.1 Å². The first-order valence-corrected chi connectivity index (χ1v) is 16.9. The van der Waals surface area contributed by atoms with Gasteiger partial charge in [-0.2, -0.15) is 0 Å². The van der Waals surface area contributed by atoms with Gasteiger partial charge in [0.25, 0.3) is 0 Å². The topological polar surface area (TPSA) is 75.2 Å². The third-order valence-electron chi connectivity index (χ3n) is 12.8. The first-order valence-electron chi connectivity index (χ1n) is 15.7. The fraction of sp³-hybridized carbons (Fsp3) is 0.844. The van der Waals surface area contributed by atoms with Gasteiger partial charge in [0.15, 0.2) is 0 Å². The number of nitrogens with zero attached hydrogens (tertiary/aromatic N) is 3. The van der Waals surface area contributed by atoms with E-state index in [2.05, 4.69) is 62.7 Å². The molecular formula is C32H48BrN3O4. The van der Waals surface area contributed by atoms with Gasteiger partial charge in [-0.25, -0.2) is 23.5 Å². The summed E-state index contributed by atoms with van der Waals surface area (Å²) in [7, 11) is 1.63. The number of aromatic nitrogens is 3. The highest BCUT2D eigenvalue weighted by Gasteiger charge is 2.75. The molecule has 1 aromatic rings. The van der Waals surface area contributed by atoms with Crippen LogP contribution in [0.15, 0.2) is 21.7 Å². The molecule has 7 rings (SSSR count). The molecule has 3 saturated carbocycles. The molecule has 8 heteroatoms. The van der Waals surface area contributed by atoms with Crippen LogP contribution in [0.4, 0.5) is 0 Å². The number of carbonyl (C=O) groups is 1. The van der Waals surface area contributed by atoms with Crippen LogP contribution in [0.25, 0.3) is 0 Å². The zero-order valence-electron chi connectivity index (χ0n) is 25.2. The van der Waals surface area contributed by atoms with Crippen molar-refractivity contribution >= 4 is 21.9 Å². The summed E-state index contributed by atoms with van der Waals surface area (Å²) >= 11 is 3.23. The molecule has 1 aromatic heterocycles. The van der Waals surface area contributed by atoms with Crippen LogP contribution in [-0.4, -0.2) is 31.3 Å². The Hall–Kier alpha value is -1.57. The van der Waals surface area contributed by atoms with Crippen LogP contribution in [-0.2, 0) is 27.7 Å². The molecule has 0 aromatic carbocycles. The highest BCUT2D eigenvalue weighted by atomic mass is 79.9. The third kappa shape index (κ3) is 3.49. The molecule has 3 fully saturated rings. The molecule has 7 nitrogen and oxygen atoms in total. The average Bonchev–Trinajstić information content (AvgIpc) is 3.39. The lowest BCUT2D eigenvalue weighted by Gasteiger charge is -2.71. The summed E-state index contributed by atoms with van der Waals surface area (Å²) in [6.45, 7) is 12.0. The number of rotatable bonds is 7. The van der Waals surface area contributed by atoms with Gasteiger partial charge in [-0.3, -0.25) is 4.79 Å². The molecular weight excluding hydrogens is 570 g/mol. The van der Waals surface area contributed by atoms with Crippen molar-refractivity contribution in [1.29, 1.82) is 0 Å². The maximum Gasteiger partial charge on any atom is 0.347 e. The van der Waals surface area contributed by atoms with Gasteiger partial charge in [-0.05, 0) is 73.5 Å². The van der Waals surface area contributed by atoms with Crippen LogP contribution in [0, 0.1) is 40.4 Å². The van der Waals surface area contributed by atoms with E-state index in [9.17, 15) is 14.4 Å². The van der Waals surface area contributed by atoms with Gasteiger partial charge in [-0.15, -0.1) is 0 Å². The van der Waals surface area contributed by atoms with Crippen LogP contribution >= 0.6 is 15.9 Å². The van der Waals surface area contributed by atoms with Gasteiger partial charge >= 0.3 is 17.3 Å². The van der Waals surface area contributed by atoms with Crippen molar-refractivity contribution in [1.82, 2.24) is 13.9 Å². The fourth-order valence-corrected chi connectivity index (χ4v) is 11.2. The maximum absolute atomic E-state index is 14.0. The van der Waals surface area contributed by atoms with Gasteiger partial charge in [0.1, 0.15) is 11.4 Å². The molecule has 6 aliphatic rings. The van der Waals surface area contributed by atoms with Gasteiger partial charge in [0.05, 0.1) is 11.1 Å². The van der Waals surface area contributed by atoms with Crippen molar-refractivity contribution in [2.24, 2.45) is 47.5 Å². The quantitative estimate of drug-likeness (QED) is 0.223. The maximum atomic E-state index is 14.0. The van der Waals surface area contributed by atoms with Crippen molar-refractivity contribution < 1.29 is 9.53 Å². The number of allylic oxidation sites excluding steroid dienone is 2. The van der Waals surface area contributed by atoms with Crippen molar-refractivity contribution in [3.63, 3.8) is 0 Å². The Balaban J connectivity index is 1.46. The lowest BCUT2D eigenvalue weighted by Crippen LogP contribution is -2.76. The number of esters is 1. The Morgan fingerprint density at radius 1 is 1.00 bits per heavy atom. The van der Waals surface area contributed by atoms with Crippen molar-refractivity contribution in [3.05, 3.63) is 33.1 Å². The van der Waals surface area contributed by atoms with Gasteiger partial charge in [0.2, 0.25) is 0 Å². The Labute approximate surface area is 246 Å². The van der Waals surface area contributed by atoms with Gasteiger partial charge in [-0.1, -0.05) is 82.0 Å². The lowest BCUT2D eigenvalue weighted by molar-refractivity contribution is -0.204. The van der Waals surface area contributed by atoms with E-state index in [0.29, 0.717) is 24.2 Å². The zero-order chi connectivity index (χ0) is 28.8. The second kappa shape index (κ2) is 9.47. The Kier molecular flexibility index (Phi) is 6.76. The first-order chi connectivity index (χ1) is 18.9. The van der Waals surface area contributed by atoms with Crippen LogP contribution in [0.2, 0.25) is 0 Å². The minimum absolute atomic E-state index is 0.130. The minimum atomic E-state index is -0.678. The van der Waals surface area contributed by atoms with Gasteiger partial charge in [0, 0.05) is 18.9 Å². The first kappa shape index (κ1) is 28.5. The summed E-state index contributed by atoms with van der Waals surface area (Å²) in [6.07, 6.45) is 14.9. The van der Waals surface area contributed by atoms with E-state index in [4.69, 9.17) is 4.74 Å². The largest absolute Gasteiger partial charge is 0.462 e. The summed E-state index contributed by atoms with van der Waals surface area (Å²) in [5, 5.41) is 0.155. The highest BCUT2D eigenvalue weighted by Crippen LogP contribution is 2.74. The minimum Gasteiger partial charge on any atom is -0.462 e. The van der Waals surface area contributed by atoms with Crippen molar-refractivity contribution in [2.75, 3.05) is 5.33 Å². The fourth-order valence-electron chi connectivity index (χ4n) is 11.0. The molecule has 40 heavy (non-hydrogen) atoms. The number of halogens is 1. The Morgan fingerprint density at radius 3 is 2.42 bits per heavy atom. The van der Waals surface area contributed by atoms with Crippen LogP contribution < -0.4 is 11.4 Å². The summed E-state index contributed by atoms with van der Waals surface area (Å²) in [5.74, 6) is 2.34. The van der Waals surface area contributed by atoms with Crippen LogP contribution in [0.5, 0.6) is 0 Å². The van der Waals surface area contributed by atoms with Gasteiger partial charge < -0.3 is 4.74 Å². The molecule has 2 spiro atoms. The second-order valence-electron chi connectivity index (χ2n) is 14.9. The van der Waals surface area contributed by atoms with E-state index >= 15 is 0 Å². The van der Waals surface area contributed by atoms with Crippen LogP contribution in [0.3, 0.4) is 0 Å². The molecule has 0 amide bonds. The van der Waals surface area contributed by atoms with Crippen LogP contribution in [0.1, 0.15) is 98.8 Å². The third-order valence-corrected chi connectivity index (χ3v) is 13.3. The number of carbonyl (C=O) groups excluding carboxylic acids is 1. The standard InChI is InChI=1S/C32H48BrN3O4/c1-20(2)8-7-9-21(3)23-10-11-24-29(23,4)14-13-25-30(5)15-12-22(40-26(37)19-33)18-31(30)16-17-32(24,25)36-28(39)34(6)27(38)35(31)36/h16-17,20-25H,7-15,18-19H2,1-6H3/t21-,22+,23-,24-,25?,29-,30-,31-,32+/m1/s1. The second-order valence-corrected chi connectivity index (χ2v) is 15.5. The van der Waals surface area contributed by atoms with Crippen molar-refractivity contribution in [2.45, 2.75) is 116 Å². The normalized spacial score (nSPS) is 41.8. The van der Waals surface area contributed by atoms with E-state index in [1.807, 2.05) is 9.36 Å². The SMILES string of the molecule is CC(C)CCC[C@@H](C)[C@H]1CC[C@@H]2[C@]1(C)CCC1[C@]23C=C[C@]2(C[C@@H](OC(=O)CBr)CC[C@]12C)n1c(=O)n(C)c(=O)n13. The zero-order valence-corrected chi connectivity index (χ0v) is 26.8. The van der Waals surface area contributed by atoms with E-state index in [0.717, 1.165) is 31.6 Å². The van der Waals surface area contributed by atoms with E-state index in [1.54, 1.807) is 7.05 Å². The highest BCUT2D eigenvalue weighted by molar-refractivity contribution is 9.09. The Bertz CT molecular complexity index is 1340. The molecule has 0 saturated heterocycles. The molecule has 222 valence electrons. The smallest absolute Gasteiger partial charge is 0.347 e. The number of fused-ring (bicyclic) bond motifs is 1. The number of ether oxygens (including phenoxy) is 1. The predicted octanol–water partition coefficient (Wildman–Crippen LogP) is 5.72. The number of hydrogen-bond donors (Lipinski definition) is 0. The molecule has 3 heterocycles. The number of alkyl halides is 1. The monoisotopic (exact) mass is 617 g/mol. The Morgan fingerprint density at radius 2 is 1.73 bits per heavy atom. The summed E-state index contributed by atoms with van der Waals surface area (Å²) < 4.78 is 10.9. The lowest BCUT2D eigenvalue weighted by atomic mass is 9.40. The summed E-state index contributed by atoms with van der Waals surface area (Å²) in [4.78, 5) is 40.2. The molecule has 0 N–H and O–H groups in total. The summed E-state index contributed by atoms with van der Waals surface area (Å²) in [6, 6.07) is 0. The molecule has 0 radical (unpaired) electrons. The predicted molar refractivity (Wildman–Crippen MR) is 160 cm³/mol.